The van der Waals surface area contributed by atoms with Crippen LogP contribution in [0.25, 0.3) is 10.1 Å². The van der Waals surface area contributed by atoms with E-state index >= 15 is 0 Å². The molecule has 0 saturated heterocycles. The molecule has 1 unspecified atom stereocenters. The summed E-state index contributed by atoms with van der Waals surface area (Å²) in [6.07, 6.45) is 5.05. The standard InChI is InChI=1S/C17H25NS/c1-3-10-18-11-9-14(4-2)12-16-13-15-7-5-6-8-17(15)19-16/h5-8,13-14,18H,3-4,9-12H2,1-2H3. The fourth-order valence-electron chi connectivity index (χ4n) is 2.48. The van der Waals surface area contributed by atoms with Gasteiger partial charge in [0.15, 0.2) is 0 Å². The number of thiophene rings is 1. The molecular formula is C17H25NS. The molecule has 2 heteroatoms. The van der Waals surface area contributed by atoms with Gasteiger partial charge in [-0.2, -0.15) is 0 Å². The van der Waals surface area contributed by atoms with Crippen LogP contribution in [0.3, 0.4) is 0 Å². The number of benzene rings is 1. The zero-order valence-electron chi connectivity index (χ0n) is 12.1. The summed E-state index contributed by atoms with van der Waals surface area (Å²) in [5.41, 5.74) is 0. The van der Waals surface area contributed by atoms with Crippen LogP contribution in [0.4, 0.5) is 0 Å². The van der Waals surface area contributed by atoms with Crippen molar-refractivity contribution in [2.24, 2.45) is 5.92 Å². The van der Waals surface area contributed by atoms with E-state index < -0.39 is 0 Å². The van der Waals surface area contributed by atoms with Crippen molar-refractivity contribution in [2.75, 3.05) is 13.1 Å². The molecule has 2 rings (SSSR count). The maximum absolute atomic E-state index is 3.52. The maximum Gasteiger partial charge on any atom is 0.0345 e. The Labute approximate surface area is 121 Å². The molecule has 0 fully saturated rings. The van der Waals surface area contributed by atoms with Crippen LogP contribution in [0.5, 0.6) is 0 Å². The molecule has 0 aliphatic carbocycles. The zero-order chi connectivity index (χ0) is 13.5. The summed E-state index contributed by atoms with van der Waals surface area (Å²) in [4.78, 5) is 1.54. The summed E-state index contributed by atoms with van der Waals surface area (Å²) in [6.45, 7) is 6.86. The van der Waals surface area contributed by atoms with E-state index in [0.717, 1.165) is 19.0 Å². The molecule has 0 amide bonds. The maximum atomic E-state index is 3.52. The Hall–Kier alpha value is -0.860. The van der Waals surface area contributed by atoms with Gasteiger partial charge in [0.05, 0.1) is 0 Å². The predicted molar refractivity (Wildman–Crippen MR) is 87.1 cm³/mol. The highest BCUT2D eigenvalue weighted by atomic mass is 32.1. The van der Waals surface area contributed by atoms with Crippen LogP contribution in [-0.4, -0.2) is 13.1 Å². The first-order valence-electron chi connectivity index (χ1n) is 7.51. The third kappa shape index (κ3) is 4.32. The van der Waals surface area contributed by atoms with Crippen LogP contribution in [0.1, 0.15) is 38.0 Å². The quantitative estimate of drug-likeness (QED) is 0.678. The molecule has 0 aliphatic heterocycles. The van der Waals surface area contributed by atoms with Crippen LogP contribution >= 0.6 is 11.3 Å². The van der Waals surface area contributed by atoms with Gasteiger partial charge in [-0.05, 0) is 55.8 Å². The first-order valence-corrected chi connectivity index (χ1v) is 8.33. The molecule has 1 aromatic heterocycles. The minimum atomic E-state index is 0.817. The second kappa shape index (κ2) is 7.66. The highest BCUT2D eigenvalue weighted by Gasteiger charge is 2.09. The van der Waals surface area contributed by atoms with E-state index in [1.54, 1.807) is 4.88 Å². The monoisotopic (exact) mass is 275 g/mol. The summed E-state index contributed by atoms with van der Waals surface area (Å²) in [5, 5.41) is 4.92. The van der Waals surface area contributed by atoms with Gasteiger partial charge < -0.3 is 5.32 Å². The van der Waals surface area contributed by atoms with E-state index in [0.29, 0.717) is 0 Å². The summed E-state index contributed by atoms with van der Waals surface area (Å²) in [6, 6.07) is 11.1. The van der Waals surface area contributed by atoms with Gasteiger partial charge in [-0.25, -0.2) is 0 Å². The Morgan fingerprint density at radius 2 is 2.00 bits per heavy atom. The normalized spacial score (nSPS) is 12.9. The van der Waals surface area contributed by atoms with Crippen LogP contribution in [0.15, 0.2) is 30.3 Å². The van der Waals surface area contributed by atoms with E-state index in [4.69, 9.17) is 0 Å². The number of hydrogen-bond acceptors (Lipinski definition) is 2. The molecule has 104 valence electrons. The summed E-state index contributed by atoms with van der Waals surface area (Å²) >= 11 is 1.96. The van der Waals surface area contributed by atoms with E-state index in [1.165, 1.54) is 35.8 Å². The van der Waals surface area contributed by atoms with Crippen molar-refractivity contribution in [1.29, 1.82) is 0 Å². The molecule has 19 heavy (non-hydrogen) atoms. The average Bonchev–Trinajstić information content (AvgIpc) is 2.84. The third-order valence-corrected chi connectivity index (χ3v) is 4.84. The van der Waals surface area contributed by atoms with Crippen molar-refractivity contribution in [3.8, 4) is 0 Å². The fourth-order valence-corrected chi connectivity index (χ4v) is 3.66. The van der Waals surface area contributed by atoms with Crippen molar-refractivity contribution < 1.29 is 0 Å². The number of hydrogen-bond donors (Lipinski definition) is 1. The van der Waals surface area contributed by atoms with Crippen LogP contribution in [0.2, 0.25) is 0 Å². The second-order valence-corrected chi connectivity index (χ2v) is 6.44. The highest BCUT2D eigenvalue weighted by molar-refractivity contribution is 7.19. The number of rotatable bonds is 8. The molecule has 0 aliphatic rings. The van der Waals surface area contributed by atoms with E-state index in [1.807, 2.05) is 11.3 Å². The zero-order valence-corrected chi connectivity index (χ0v) is 12.9. The first-order chi connectivity index (χ1) is 9.33. The number of nitrogens with one attached hydrogen (secondary N) is 1. The first kappa shape index (κ1) is 14.5. The van der Waals surface area contributed by atoms with Gasteiger partial charge in [-0.15, -0.1) is 11.3 Å². The summed E-state index contributed by atoms with van der Waals surface area (Å²) in [7, 11) is 0. The van der Waals surface area contributed by atoms with Crippen molar-refractivity contribution in [1.82, 2.24) is 5.32 Å². The van der Waals surface area contributed by atoms with E-state index in [2.05, 4.69) is 49.5 Å². The average molecular weight is 275 g/mol. The molecule has 1 atom stereocenters. The molecule has 1 heterocycles. The third-order valence-electron chi connectivity index (χ3n) is 3.70. The van der Waals surface area contributed by atoms with Crippen molar-refractivity contribution in [3.63, 3.8) is 0 Å². The topological polar surface area (TPSA) is 12.0 Å². The molecule has 1 N–H and O–H groups in total. The highest BCUT2D eigenvalue weighted by Crippen LogP contribution is 2.28. The van der Waals surface area contributed by atoms with Crippen LogP contribution in [0, 0.1) is 5.92 Å². The Balaban J connectivity index is 1.90. The summed E-state index contributed by atoms with van der Waals surface area (Å²) in [5.74, 6) is 0.817. The van der Waals surface area contributed by atoms with Gasteiger partial charge in [0.2, 0.25) is 0 Å². The van der Waals surface area contributed by atoms with E-state index in [-0.39, 0.29) is 0 Å². The largest absolute Gasteiger partial charge is 0.317 e. The van der Waals surface area contributed by atoms with Crippen molar-refractivity contribution in [2.45, 2.75) is 39.5 Å². The Morgan fingerprint density at radius 1 is 1.16 bits per heavy atom. The molecule has 1 aromatic carbocycles. The Morgan fingerprint density at radius 3 is 2.74 bits per heavy atom. The van der Waals surface area contributed by atoms with Gasteiger partial charge in [-0.3, -0.25) is 0 Å². The minimum absolute atomic E-state index is 0.817. The smallest absolute Gasteiger partial charge is 0.0345 e. The lowest BCUT2D eigenvalue weighted by Gasteiger charge is -2.13. The predicted octanol–water partition coefficient (Wildman–Crippen LogP) is 4.86. The Kier molecular flexibility index (Phi) is 5.87. The van der Waals surface area contributed by atoms with E-state index in [9.17, 15) is 0 Å². The van der Waals surface area contributed by atoms with Crippen molar-refractivity contribution in [3.05, 3.63) is 35.2 Å². The minimum Gasteiger partial charge on any atom is -0.317 e. The lowest BCUT2D eigenvalue weighted by atomic mass is 9.97. The van der Waals surface area contributed by atoms with Crippen LogP contribution < -0.4 is 5.32 Å². The molecule has 0 spiro atoms. The SMILES string of the molecule is CCCNCCC(CC)Cc1cc2ccccc2s1. The molecule has 1 nitrogen and oxygen atoms in total. The molecule has 2 aromatic rings. The molecule has 0 bridgehead atoms. The van der Waals surface area contributed by atoms with Gasteiger partial charge >= 0.3 is 0 Å². The van der Waals surface area contributed by atoms with Gasteiger partial charge in [0.25, 0.3) is 0 Å². The summed E-state index contributed by atoms with van der Waals surface area (Å²) < 4.78 is 1.43. The number of fused-ring (bicyclic) bond motifs is 1. The van der Waals surface area contributed by atoms with Crippen LogP contribution in [-0.2, 0) is 6.42 Å². The fraction of sp³-hybridized carbons (Fsp3) is 0.529. The molecular weight excluding hydrogens is 250 g/mol. The lowest BCUT2D eigenvalue weighted by Crippen LogP contribution is -2.19. The van der Waals surface area contributed by atoms with Gasteiger partial charge in [0.1, 0.15) is 0 Å². The molecule has 0 saturated carbocycles. The lowest BCUT2D eigenvalue weighted by molar-refractivity contribution is 0.452. The van der Waals surface area contributed by atoms with Crippen molar-refractivity contribution >= 4 is 21.4 Å². The Bertz CT molecular complexity index is 456. The molecule has 0 radical (unpaired) electrons. The van der Waals surface area contributed by atoms with Gasteiger partial charge in [-0.1, -0.05) is 38.5 Å². The van der Waals surface area contributed by atoms with Gasteiger partial charge in [0, 0.05) is 9.58 Å². The second-order valence-electron chi connectivity index (χ2n) is 5.27.